The Balaban J connectivity index is 1.92. The largest absolute Gasteiger partial charge is 0.481 e. The van der Waals surface area contributed by atoms with E-state index in [1.165, 1.54) is 12.8 Å². The standard InChI is InChI=1S/C14H23NO3/c1-10(2)14(13(17)18)7-8-15(9-14)12(16)6-5-11-3-4-11/h10-11H,3-9H2,1-2H3,(H,17,18). The molecule has 4 heteroatoms. The molecule has 1 N–H and O–H groups in total. The molecule has 1 aliphatic heterocycles. The fourth-order valence-corrected chi connectivity index (χ4v) is 2.83. The SMILES string of the molecule is CC(C)C1(C(=O)O)CCN(C(=O)CCC2CC2)C1. The van der Waals surface area contributed by atoms with Gasteiger partial charge in [-0.1, -0.05) is 26.7 Å². The number of amides is 1. The number of aliphatic carboxylic acids is 1. The minimum Gasteiger partial charge on any atom is -0.481 e. The number of carboxylic acids is 1. The normalized spacial score (nSPS) is 27.8. The first kappa shape index (κ1) is 13.4. The van der Waals surface area contributed by atoms with Crippen LogP contribution in [0.2, 0.25) is 0 Å². The van der Waals surface area contributed by atoms with Crippen LogP contribution in [-0.4, -0.2) is 35.0 Å². The molecule has 1 aliphatic carbocycles. The van der Waals surface area contributed by atoms with Crippen molar-refractivity contribution >= 4 is 11.9 Å². The van der Waals surface area contributed by atoms with E-state index in [9.17, 15) is 14.7 Å². The summed E-state index contributed by atoms with van der Waals surface area (Å²) >= 11 is 0. The third kappa shape index (κ3) is 2.52. The molecule has 0 aromatic rings. The molecule has 18 heavy (non-hydrogen) atoms. The van der Waals surface area contributed by atoms with Gasteiger partial charge in [0.2, 0.25) is 5.91 Å². The van der Waals surface area contributed by atoms with Gasteiger partial charge >= 0.3 is 5.97 Å². The Morgan fingerprint density at radius 2 is 2.06 bits per heavy atom. The molecule has 0 aromatic heterocycles. The third-order valence-corrected chi connectivity index (χ3v) is 4.65. The smallest absolute Gasteiger partial charge is 0.311 e. The second kappa shape index (κ2) is 4.90. The quantitative estimate of drug-likeness (QED) is 0.816. The van der Waals surface area contributed by atoms with E-state index in [1.54, 1.807) is 4.90 Å². The van der Waals surface area contributed by atoms with Crippen LogP contribution in [0.5, 0.6) is 0 Å². The number of carbonyl (C=O) groups is 2. The first-order chi connectivity index (χ1) is 8.45. The summed E-state index contributed by atoms with van der Waals surface area (Å²) in [6.45, 7) is 4.87. The van der Waals surface area contributed by atoms with Crippen molar-refractivity contribution in [2.45, 2.75) is 46.0 Å². The zero-order valence-corrected chi connectivity index (χ0v) is 11.3. The zero-order chi connectivity index (χ0) is 13.3. The molecule has 1 amide bonds. The van der Waals surface area contributed by atoms with Crippen LogP contribution < -0.4 is 0 Å². The van der Waals surface area contributed by atoms with Gasteiger partial charge in [0.1, 0.15) is 0 Å². The zero-order valence-electron chi connectivity index (χ0n) is 11.3. The predicted molar refractivity (Wildman–Crippen MR) is 68.1 cm³/mol. The van der Waals surface area contributed by atoms with Gasteiger partial charge < -0.3 is 10.0 Å². The molecule has 0 radical (unpaired) electrons. The van der Waals surface area contributed by atoms with Gasteiger partial charge in [0.15, 0.2) is 0 Å². The second-order valence-electron chi connectivity index (χ2n) is 6.16. The van der Waals surface area contributed by atoms with Crippen LogP contribution in [0.15, 0.2) is 0 Å². The van der Waals surface area contributed by atoms with Gasteiger partial charge in [0.25, 0.3) is 0 Å². The van der Waals surface area contributed by atoms with Gasteiger partial charge in [-0.2, -0.15) is 0 Å². The molecule has 1 atom stereocenters. The van der Waals surface area contributed by atoms with E-state index in [2.05, 4.69) is 0 Å². The summed E-state index contributed by atoms with van der Waals surface area (Å²) in [5, 5.41) is 9.42. The lowest BCUT2D eigenvalue weighted by Crippen LogP contribution is -2.40. The van der Waals surface area contributed by atoms with Crippen LogP contribution >= 0.6 is 0 Å². The van der Waals surface area contributed by atoms with Crippen molar-refractivity contribution in [1.29, 1.82) is 0 Å². The molecule has 1 saturated heterocycles. The number of nitrogens with zero attached hydrogens (tertiary/aromatic N) is 1. The van der Waals surface area contributed by atoms with Gasteiger partial charge in [0, 0.05) is 19.5 Å². The van der Waals surface area contributed by atoms with Crippen LogP contribution in [0.25, 0.3) is 0 Å². The molecule has 0 spiro atoms. The molecular formula is C14H23NO3. The van der Waals surface area contributed by atoms with Crippen LogP contribution in [0, 0.1) is 17.3 Å². The van der Waals surface area contributed by atoms with Gasteiger partial charge in [-0.15, -0.1) is 0 Å². The van der Waals surface area contributed by atoms with Crippen molar-refractivity contribution in [3.05, 3.63) is 0 Å². The maximum absolute atomic E-state index is 12.0. The Hall–Kier alpha value is -1.06. The van der Waals surface area contributed by atoms with Crippen molar-refractivity contribution in [3.8, 4) is 0 Å². The monoisotopic (exact) mass is 253 g/mol. The minimum atomic E-state index is -0.755. The van der Waals surface area contributed by atoms with Crippen LogP contribution in [0.1, 0.15) is 46.0 Å². The number of likely N-dealkylation sites (tertiary alicyclic amines) is 1. The number of hydrogen-bond acceptors (Lipinski definition) is 2. The topological polar surface area (TPSA) is 57.6 Å². The van der Waals surface area contributed by atoms with Crippen molar-refractivity contribution in [1.82, 2.24) is 4.90 Å². The van der Waals surface area contributed by atoms with Gasteiger partial charge in [0.05, 0.1) is 5.41 Å². The Kier molecular flexibility index (Phi) is 3.64. The van der Waals surface area contributed by atoms with E-state index in [0.717, 1.165) is 12.3 Å². The molecule has 1 unspecified atom stereocenters. The van der Waals surface area contributed by atoms with E-state index >= 15 is 0 Å². The maximum atomic E-state index is 12.0. The lowest BCUT2D eigenvalue weighted by molar-refractivity contribution is -0.151. The molecule has 1 saturated carbocycles. The summed E-state index contributed by atoms with van der Waals surface area (Å²) in [6, 6.07) is 0. The highest BCUT2D eigenvalue weighted by Crippen LogP contribution is 2.39. The van der Waals surface area contributed by atoms with Crippen molar-refractivity contribution in [2.75, 3.05) is 13.1 Å². The lowest BCUT2D eigenvalue weighted by atomic mass is 9.76. The second-order valence-corrected chi connectivity index (χ2v) is 6.16. The average molecular weight is 253 g/mol. The van der Waals surface area contributed by atoms with E-state index in [4.69, 9.17) is 0 Å². The molecule has 0 aromatic carbocycles. The van der Waals surface area contributed by atoms with Crippen LogP contribution in [0.4, 0.5) is 0 Å². The van der Waals surface area contributed by atoms with Crippen LogP contribution in [0.3, 0.4) is 0 Å². The Morgan fingerprint density at radius 3 is 2.50 bits per heavy atom. The van der Waals surface area contributed by atoms with E-state index in [1.807, 2.05) is 13.8 Å². The molecule has 102 valence electrons. The fourth-order valence-electron chi connectivity index (χ4n) is 2.83. The van der Waals surface area contributed by atoms with Crippen molar-refractivity contribution in [3.63, 3.8) is 0 Å². The highest BCUT2D eigenvalue weighted by molar-refractivity contribution is 5.80. The molecule has 2 fully saturated rings. The van der Waals surface area contributed by atoms with Gasteiger partial charge in [-0.05, 0) is 24.7 Å². The third-order valence-electron chi connectivity index (χ3n) is 4.65. The van der Waals surface area contributed by atoms with Gasteiger partial charge in [-0.3, -0.25) is 9.59 Å². The summed E-state index contributed by atoms with van der Waals surface area (Å²) in [4.78, 5) is 25.3. The van der Waals surface area contributed by atoms with E-state index < -0.39 is 11.4 Å². The highest BCUT2D eigenvalue weighted by Gasteiger charge is 2.48. The molecule has 0 bridgehead atoms. The van der Waals surface area contributed by atoms with Crippen molar-refractivity contribution < 1.29 is 14.7 Å². The van der Waals surface area contributed by atoms with Crippen LogP contribution in [-0.2, 0) is 9.59 Å². The number of carboxylic acid groups (broad SMARTS) is 1. The Bertz CT molecular complexity index is 349. The summed E-state index contributed by atoms with van der Waals surface area (Å²) in [5.41, 5.74) is -0.727. The molecule has 4 nitrogen and oxygen atoms in total. The summed E-state index contributed by atoms with van der Waals surface area (Å²) in [6.07, 6.45) is 4.70. The maximum Gasteiger partial charge on any atom is 0.311 e. The average Bonchev–Trinajstić information content (AvgIpc) is 3.01. The fraction of sp³-hybridized carbons (Fsp3) is 0.857. The Labute approximate surface area is 108 Å². The van der Waals surface area contributed by atoms with Crippen molar-refractivity contribution in [2.24, 2.45) is 17.3 Å². The molecule has 2 aliphatic rings. The highest BCUT2D eigenvalue weighted by atomic mass is 16.4. The summed E-state index contributed by atoms with van der Waals surface area (Å²) < 4.78 is 0. The Morgan fingerprint density at radius 1 is 1.39 bits per heavy atom. The molecule has 2 rings (SSSR count). The predicted octanol–water partition coefficient (Wildman–Crippen LogP) is 2.14. The number of carbonyl (C=O) groups excluding carboxylic acids is 1. The summed E-state index contributed by atoms with van der Waals surface area (Å²) in [5.74, 6) is 0.211. The van der Waals surface area contributed by atoms with Gasteiger partial charge in [-0.25, -0.2) is 0 Å². The molecule has 1 heterocycles. The number of hydrogen-bond donors (Lipinski definition) is 1. The first-order valence-corrected chi connectivity index (χ1v) is 6.97. The molecular weight excluding hydrogens is 230 g/mol. The first-order valence-electron chi connectivity index (χ1n) is 6.97. The van der Waals surface area contributed by atoms with E-state index in [0.29, 0.717) is 25.9 Å². The lowest BCUT2D eigenvalue weighted by Gasteiger charge is -2.28. The van der Waals surface area contributed by atoms with E-state index in [-0.39, 0.29) is 11.8 Å². The number of rotatable bonds is 5. The minimum absolute atomic E-state index is 0.0660. The summed E-state index contributed by atoms with van der Waals surface area (Å²) in [7, 11) is 0.